The van der Waals surface area contributed by atoms with Crippen LogP contribution in [-0.2, 0) is 29.6 Å². The van der Waals surface area contributed by atoms with Gasteiger partial charge in [0.15, 0.2) is 11.5 Å². The Hall–Kier alpha value is -3.16. The molecule has 0 bridgehead atoms. The number of ether oxygens (including phenoxy) is 2. The van der Waals surface area contributed by atoms with Crippen molar-refractivity contribution in [2.75, 3.05) is 18.5 Å². The van der Waals surface area contributed by atoms with E-state index >= 15 is 0 Å². The molecule has 3 rings (SSSR count). The Kier molecular flexibility index (Phi) is 7.48. The van der Waals surface area contributed by atoms with Crippen LogP contribution in [0.1, 0.15) is 20.8 Å². The van der Waals surface area contributed by atoms with Crippen LogP contribution in [0.4, 0.5) is 5.69 Å². The quantitative estimate of drug-likeness (QED) is 0.478. The second-order valence-corrected chi connectivity index (χ2v) is 11.2. The van der Waals surface area contributed by atoms with Crippen LogP contribution in [0.15, 0.2) is 52.3 Å². The largest absolute Gasteiger partial charge is 0.486 e. The van der Waals surface area contributed by atoms with Gasteiger partial charge in [-0.05, 0) is 42.3 Å². The van der Waals surface area contributed by atoms with Gasteiger partial charge in [0.2, 0.25) is 21.8 Å². The van der Waals surface area contributed by atoms with E-state index in [1.807, 2.05) is 4.72 Å². The van der Waals surface area contributed by atoms with E-state index in [4.69, 9.17) is 9.47 Å². The van der Waals surface area contributed by atoms with Crippen molar-refractivity contribution in [3.63, 3.8) is 0 Å². The summed E-state index contributed by atoms with van der Waals surface area (Å²) in [5.41, 5.74) is 0.246. The minimum Gasteiger partial charge on any atom is -0.486 e. The van der Waals surface area contributed by atoms with Crippen LogP contribution in [0.3, 0.4) is 0 Å². The fraction of sp³-hybridized carbons (Fsp3) is 0.333. The molecule has 3 N–H and O–H groups in total. The number of anilines is 1. The van der Waals surface area contributed by atoms with Crippen molar-refractivity contribution in [1.82, 2.24) is 9.44 Å². The summed E-state index contributed by atoms with van der Waals surface area (Å²) >= 11 is 0. The summed E-state index contributed by atoms with van der Waals surface area (Å²) in [6.45, 7) is 5.10. The van der Waals surface area contributed by atoms with Gasteiger partial charge in [-0.1, -0.05) is 13.8 Å². The highest BCUT2D eigenvalue weighted by Gasteiger charge is 2.29. The predicted octanol–water partition coefficient (Wildman–Crippen LogP) is 1.22. The summed E-state index contributed by atoms with van der Waals surface area (Å²) in [5.74, 6) is -1.04. The van der Waals surface area contributed by atoms with Crippen LogP contribution in [0.2, 0.25) is 0 Å². The molecule has 0 spiro atoms. The smallest absolute Gasteiger partial charge is 0.264 e. The first kappa shape index (κ1) is 25.5. The number of carbonyl (C=O) groups excluding carboxylic acids is 2. The molecule has 2 aromatic carbocycles. The summed E-state index contributed by atoms with van der Waals surface area (Å²) in [6, 6.07) is 8.15. The van der Waals surface area contributed by atoms with Crippen molar-refractivity contribution in [3.8, 4) is 11.5 Å². The van der Waals surface area contributed by atoms with Gasteiger partial charge in [-0.2, -0.15) is 4.72 Å². The molecule has 11 nitrogen and oxygen atoms in total. The fourth-order valence-corrected chi connectivity index (χ4v) is 5.45. The van der Waals surface area contributed by atoms with Crippen LogP contribution in [-0.4, -0.2) is 47.9 Å². The van der Waals surface area contributed by atoms with Gasteiger partial charge in [-0.3, -0.25) is 9.59 Å². The maximum atomic E-state index is 12.9. The molecule has 0 radical (unpaired) electrons. The van der Waals surface area contributed by atoms with E-state index in [1.165, 1.54) is 42.5 Å². The average Bonchev–Trinajstić information content (AvgIpc) is 2.76. The van der Waals surface area contributed by atoms with Crippen molar-refractivity contribution < 1.29 is 35.9 Å². The lowest BCUT2D eigenvalue weighted by Gasteiger charge is -2.23. The molecule has 0 aromatic heterocycles. The van der Waals surface area contributed by atoms with E-state index in [9.17, 15) is 26.4 Å². The first-order valence-electron chi connectivity index (χ1n) is 10.3. The molecule has 0 aliphatic carbocycles. The molecule has 0 fully saturated rings. The zero-order valence-electron chi connectivity index (χ0n) is 18.7. The Labute approximate surface area is 197 Å². The zero-order chi connectivity index (χ0) is 25.1. The van der Waals surface area contributed by atoms with Gasteiger partial charge in [0.25, 0.3) is 10.0 Å². The third-order valence-corrected chi connectivity index (χ3v) is 7.65. The van der Waals surface area contributed by atoms with Crippen molar-refractivity contribution in [2.45, 2.75) is 36.6 Å². The summed E-state index contributed by atoms with van der Waals surface area (Å²) < 4.78 is 65.1. The van der Waals surface area contributed by atoms with Gasteiger partial charge in [0, 0.05) is 18.7 Å². The van der Waals surface area contributed by atoms with Gasteiger partial charge >= 0.3 is 0 Å². The average molecular weight is 512 g/mol. The zero-order valence-corrected chi connectivity index (χ0v) is 20.3. The highest BCUT2D eigenvalue weighted by atomic mass is 32.2. The van der Waals surface area contributed by atoms with E-state index in [-0.39, 0.29) is 15.5 Å². The molecule has 0 saturated carbocycles. The van der Waals surface area contributed by atoms with Gasteiger partial charge in [-0.15, -0.1) is 0 Å². The molecule has 2 amide bonds. The van der Waals surface area contributed by atoms with E-state index in [1.54, 1.807) is 13.8 Å². The molecule has 1 aliphatic rings. The SMILES string of the molecule is CC(=O)NS(=O)(=O)c1ccc(NC(=O)[C@H](NS(=O)(=O)c2ccc3c(c2)OCCO3)C(C)C)cc1. The second-order valence-electron chi connectivity index (χ2n) is 7.82. The summed E-state index contributed by atoms with van der Waals surface area (Å²) in [7, 11) is -8.10. The Morgan fingerprint density at radius 1 is 0.853 bits per heavy atom. The number of fused-ring (bicyclic) bond motifs is 1. The first-order chi connectivity index (χ1) is 15.9. The summed E-state index contributed by atoms with van der Waals surface area (Å²) in [5, 5.41) is 2.57. The number of carbonyl (C=O) groups is 2. The third kappa shape index (κ3) is 6.04. The molecule has 1 atom stereocenters. The number of rotatable bonds is 8. The first-order valence-corrected chi connectivity index (χ1v) is 13.2. The van der Waals surface area contributed by atoms with E-state index in [2.05, 4.69) is 10.0 Å². The number of hydrogen-bond acceptors (Lipinski definition) is 8. The number of amides is 2. The van der Waals surface area contributed by atoms with Gasteiger partial charge in [0.1, 0.15) is 19.3 Å². The lowest BCUT2D eigenvalue weighted by atomic mass is 10.0. The topological polar surface area (TPSA) is 157 Å². The van der Waals surface area contributed by atoms with E-state index < -0.39 is 43.8 Å². The van der Waals surface area contributed by atoms with Gasteiger partial charge in [0.05, 0.1) is 9.79 Å². The van der Waals surface area contributed by atoms with Crippen LogP contribution < -0.4 is 24.2 Å². The molecule has 2 aromatic rings. The minimum absolute atomic E-state index is 0.0808. The number of benzene rings is 2. The summed E-state index contributed by atoms with van der Waals surface area (Å²) in [6.07, 6.45) is 0. The molecule has 0 saturated heterocycles. The van der Waals surface area contributed by atoms with E-state index in [0.29, 0.717) is 24.7 Å². The highest BCUT2D eigenvalue weighted by Crippen LogP contribution is 2.32. The third-order valence-electron chi connectivity index (χ3n) is 4.77. The lowest BCUT2D eigenvalue weighted by Crippen LogP contribution is -2.47. The van der Waals surface area contributed by atoms with Crippen molar-refractivity contribution in [1.29, 1.82) is 0 Å². The van der Waals surface area contributed by atoms with E-state index in [0.717, 1.165) is 6.92 Å². The molecule has 184 valence electrons. The maximum Gasteiger partial charge on any atom is 0.264 e. The Balaban J connectivity index is 1.75. The lowest BCUT2D eigenvalue weighted by molar-refractivity contribution is -0.119. The molecule has 34 heavy (non-hydrogen) atoms. The van der Waals surface area contributed by atoms with Crippen molar-refractivity contribution in [2.24, 2.45) is 5.92 Å². The van der Waals surface area contributed by atoms with Crippen molar-refractivity contribution in [3.05, 3.63) is 42.5 Å². The van der Waals surface area contributed by atoms with Crippen LogP contribution in [0, 0.1) is 5.92 Å². The Morgan fingerprint density at radius 2 is 1.44 bits per heavy atom. The van der Waals surface area contributed by atoms with Crippen LogP contribution >= 0.6 is 0 Å². The fourth-order valence-electron chi connectivity index (χ4n) is 3.10. The maximum absolute atomic E-state index is 12.9. The summed E-state index contributed by atoms with van der Waals surface area (Å²) in [4.78, 5) is 23.7. The van der Waals surface area contributed by atoms with Gasteiger partial charge in [-0.25, -0.2) is 21.6 Å². The number of hydrogen-bond donors (Lipinski definition) is 3. The van der Waals surface area contributed by atoms with Crippen LogP contribution in [0.5, 0.6) is 11.5 Å². The monoisotopic (exact) mass is 511 g/mol. The standard InChI is InChI=1S/C21H25N3O8S2/c1-13(2)20(24-34(29,30)17-8-9-18-19(12-17)32-11-10-31-18)21(26)22-15-4-6-16(7-5-15)33(27,28)23-14(3)25/h4-9,12-13,20,24H,10-11H2,1-3H3,(H,22,26)(H,23,25)/t20-/m1/s1. The molecular formula is C21H25N3O8S2. The predicted molar refractivity (Wildman–Crippen MR) is 122 cm³/mol. The number of nitrogens with one attached hydrogen (secondary N) is 3. The highest BCUT2D eigenvalue weighted by molar-refractivity contribution is 7.90. The Morgan fingerprint density at radius 3 is 2.03 bits per heavy atom. The number of sulfonamides is 2. The molecular weight excluding hydrogens is 486 g/mol. The minimum atomic E-state index is -4.08. The normalized spacial score (nSPS) is 14.4. The second kappa shape index (κ2) is 9.99. The Bertz CT molecular complexity index is 1290. The van der Waals surface area contributed by atoms with Crippen LogP contribution in [0.25, 0.3) is 0 Å². The molecule has 13 heteroatoms. The molecule has 0 unspecified atom stereocenters. The van der Waals surface area contributed by atoms with Crippen molar-refractivity contribution >= 4 is 37.5 Å². The molecule has 1 aliphatic heterocycles. The van der Waals surface area contributed by atoms with Gasteiger partial charge < -0.3 is 14.8 Å². The molecule has 1 heterocycles.